The van der Waals surface area contributed by atoms with E-state index in [0.717, 1.165) is 5.75 Å². The highest BCUT2D eigenvalue weighted by Gasteiger charge is 1.98. The first-order chi connectivity index (χ1) is 8.74. The summed E-state index contributed by atoms with van der Waals surface area (Å²) in [6.07, 6.45) is 1.49. The Kier molecular flexibility index (Phi) is 4.66. The molecule has 1 aromatic carbocycles. The topological polar surface area (TPSA) is 55.0 Å². The van der Waals surface area contributed by atoms with Crippen molar-refractivity contribution in [3.63, 3.8) is 0 Å². The van der Waals surface area contributed by atoms with Crippen LogP contribution in [0.15, 0.2) is 46.5 Å². The summed E-state index contributed by atoms with van der Waals surface area (Å²) >= 11 is 7.21. The van der Waals surface area contributed by atoms with Gasteiger partial charge in [0.2, 0.25) is 0 Å². The number of aromatic amines is 1. The van der Waals surface area contributed by atoms with Gasteiger partial charge in [-0.15, -0.1) is 0 Å². The number of ether oxygens (including phenoxy) is 1. The number of H-pyrrole nitrogens is 1. The molecule has 0 aliphatic carbocycles. The van der Waals surface area contributed by atoms with E-state index >= 15 is 0 Å². The highest BCUT2D eigenvalue weighted by molar-refractivity contribution is 7.99. The minimum Gasteiger partial charge on any atom is -0.493 e. The van der Waals surface area contributed by atoms with Crippen molar-refractivity contribution in [1.82, 2.24) is 9.97 Å². The number of hydrogen-bond donors (Lipinski definition) is 1. The molecule has 1 aromatic heterocycles. The van der Waals surface area contributed by atoms with Crippen molar-refractivity contribution in [3.8, 4) is 5.75 Å². The number of rotatable bonds is 5. The molecule has 1 heterocycles. The van der Waals surface area contributed by atoms with Crippen LogP contribution in [-0.4, -0.2) is 22.3 Å². The molecule has 0 amide bonds. The number of benzene rings is 1. The van der Waals surface area contributed by atoms with Gasteiger partial charge >= 0.3 is 0 Å². The van der Waals surface area contributed by atoms with Gasteiger partial charge in [0.05, 0.1) is 6.61 Å². The van der Waals surface area contributed by atoms with Crippen LogP contribution in [-0.2, 0) is 0 Å². The Morgan fingerprint density at radius 3 is 2.78 bits per heavy atom. The van der Waals surface area contributed by atoms with Gasteiger partial charge in [0.1, 0.15) is 5.75 Å². The SMILES string of the molecule is O=c1ccnc(SCCOc2ccc(Cl)cc2)[nH]1. The fraction of sp³-hybridized carbons (Fsp3) is 0.167. The molecule has 0 saturated carbocycles. The molecule has 2 aromatic rings. The summed E-state index contributed by atoms with van der Waals surface area (Å²) in [5.41, 5.74) is -0.147. The Hall–Kier alpha value is -1.46. The van der Waals surface area contributed by atoms with Crippen molar-refractivity contribution in [3.05, 3.63) is 51.9 Å². The zero-order chi connectivity index (χ0) is 12.8. The van der Waals surface area contributed by atoms with Crippen LogP contribution < -0.4 is 10.3 Å². The summed E-state index contributed by atoms with van der Waals surface area (Å²) in [4.78, 5) is 17.7. The van der Waals surface area contributed by atoms with Crippen LogP contribution in [0.25, 0.3) is 0 Å². The molecule has 0 aliphatic rings. The number of thioether (sulfide) groups is 1. The largest absolute Gasteiger partial charge is 0.493 e. The number of aromatic nitrogens is 2. The van der Waals surface area contributed by atoms with Gasteiger partial charge in [0.25, 0.3) is 5.56 Å². The first kappa shape index (κ1) is 13.0. The molecule has 0 fully saturated rings. The summed E-state index contributed by atoms with van der Waals surface area (Å²) in [6, 6.07) is 8.57. The van der Waals surface area contributed by atoms with Crippen LogP contribution in [0.5, 0.6) is 5.75 Å². The maximum atomic E-state index is 11.0. The molecule has 6 heteroatoms. The lowest BCUT2D eigenvalue weighted by Gasteiger charge is -2.05. The van der Waals surface area contributed by atoms with Crippen molar-refractivity contribution in [1.29, 1.82) is 0 Å². The van der Waals surface area contributed by atoms with Crippen LogP contribution in [0.3, 0.4) is 0 Å². The number of nitrogens with one attached hydrogen (secondary N) is 1. The van der Waals surface area contributed by atoms with E-state index in [1.54, 1.807) is 12.1 Å². The molecule has 2 rings (SSSR count). The zero-order valence-corrected chi connectivity index (χ0v) is 11.0. The average molecular weight is 283 g/mol. The van der Waals surface area contributed by atoms with Crippen molar-refractivity contribution < 1.29 is 4.74 Å². The predicted molar refractivity (Wildman–Crippen MR) is 72.5 cm³/mol. The van der Waals surface area contributed by atoms with E-state index in [4.69, 9.17) is 16.3 Å². The predicted octanol–water partition coefficient (Wildman–Crippen LogP) is 2.59. The molecule has 18 heavy (non-hydrogen) atoms. The molecule has 0 aliphatic heterocycles. The molecule has 0 atom stereocenters. The molecule has 0 bridgehead atoms. The molecular weight excluding hydrogens is 272 g/mol. The van der Waals surface area contributed by atoms with Gasteiger partial charge in [-0.05, 0) is 24.3 Å². The Morgan fingerprint density at radius 1 is 1.28 bits per heavy atom. The smallest absolute Gasteiger partial charge is 0.251 e. The van der Waals surface area contributed by atoms with Crippen LogP contribution in [0, 0.1) is 0 Å². The van der Waals surface area contributed by atoms with Gasteiger partial charge in [0.15, 0.2) is 5.16 Å². The summed E-state index contributed by atoms with van der Waals surface area (Å²) in [5.74, 6) is 1.48. The maximum absolute atomic E-state index is 11.0. The lowest BCUT2D eigenvalue weighted by Crippen LogP contribution is -2.07. The second-order valence-corrected chi connectivity index (χ2v) is 4.91. The fourth-order valence-corrected chi connectivity index (χ4v) is 2.05. The standard InChI is InChI=1S/C12H11ClN2O2S/c13-9-1-3-10(4-2-9)17-7-8-18-12-14-6-5-11(16)15-12/h1-6H,7-8H2,(H,14,15,16). The van der Waals surface area contributed by atoms with E-state index in [1.807, 2.05) is 12.1 Å². The van der Waals surface area contributed by atoms with Crippen molar-refractivity contribution in [2.45, 2.75) is 5.16 Å². The zero-order valence-electron chi connectivity index (χ0n) is 9.43. The molecule has 0 radical (unpaired) electrons. The van der Waals surface area contributed by atoms with Gasteiger partial charge in [-0.25, -0.2) is 4.98 Å². The highest BCUT2D eigenvalue weighted by Crippen LogP contribution is 2.16. The molecule has 94 valence electrons. The van der Waals surface area contributed by atoms with Crippen molar-refractivity contribution in [2.75, 3.05) is 12.4 Å². The number of nitrogens with zero attached hydrogens (tertiary/aromatic N) is 1. The number of halogens is 1. The molecule has 4 nitrogen and oxygen atoms in total. The summed E-state index contributed by atoms with van der Waals surface area (Å²) in [7, 11) is 0. The van der Waals surface area contributed by atoms with Crippen molar-refractivity contribution in [2.24, 2.45) is 0 Å². The molecule has 1 N–H and O–H groups in total. The lowest BCUT2D eigenvalue weighted by molar-refractivity contribution is 0.344. The minimum absolute atomic E-state index is 0.147. The molecule has 0 spiro atoms. The van der Waals surface area contributed by atoms with Gasteiger partial charge in [-0.1, -0.05) is 23.4 Å². The Labute approximate surface area is 113 Å². The molecule has 0 unspecified atom stereocenters. The fourth-order valence-electron chi connectivity index (χ4n) is 1.25. The van der Waals surface area contributed by atoms with Crippen molar-refractivity contribution >= 4 is 23.4 Å². The first-order valence-electron chi connectivity index (χ1n) is 5.30. The Balaban J connectivity index is 1.76. The third-order valence-electron chi connectivity index (χ3n) is 2.05. The van der Waals surface area contributed by atoms with Crippen LogP contribution in [0.4, 0.5) is 0 Å². The third kappa shape index (κ3) is 4.09. The monoisotopic (exact) mass is 282 g/mol. The third-order valence-corrected chi connectivity index (χ3v) is 3.16. The minimum atomic E-state index is -0.147. The van der Waals surface area contributed by atoms with Gasteiger partial charge in [-0.3, -0.25) is 4.79 Å². The quantitative estimate of drug-likeness (QED) is 0.520. The van der Waals surface area contributed by atoms with Gasteiger partial charge in [-0.2, -0.15) is 0 Å². The first-order valence-corrected chi connectivity index (χ1v) is 6.67. The second-order valence-electron chi connectivity index (χ2n) is 3.39. The van der Waals surface area contributed by atoms with E-state index in [2.05, 4.69) is 9.97 Å². The van der Waals surface area contributed by atoms with E-state index in [9.17, 15) is 4.79 Å². The Morgan fingerprint density at radius 2 is 2.06 bits per heavy atom. The normalized spacial score (nSPS) is 10.3. The van der Waals surface area contributed by atoms with E-state index in [1.165, 1.54) is 24.0 Å². The second kappa shape index (κ2) is 6.47. The molecule has 0 saturated heterocycles. The molecular formula is C12H11ClN2O2S. The lowest BCUT2D eigenvalue weighted by atomic mass is 10.3. The summed E-state index contributed by atoms with van der Waals surface area (Å²) in [6.45, 7) is 0.533. The van der Waals surface area contributed by atoms with Crippen LogP contribution in [0.2, 0.25) is 5.02 Å². The number of hydrogen-bond acceptors (Lipinski definition) is 4. The average Bonchev–Trinajstić information content (AvgIpc) is 2.37. The summed E-state index contributed by atoms with van der Waals surface area (Å²) in [5, 5.41) is 1.28. The van der Waals surface area contributed by atoms with E-state index in [0.29, 0.717) is 22.5 Å². The van der Waals surface area contributed by atoms with Crippen LogP contribution in [0.1, 0.15) is 0 Å². The van der Waals surface area contributed by atoms with Gasteiger partial charge < -0.3 is 9.72 Å². The highest BCUT2D eigenvalue weighted by atomic mass is 35.5. The van der Waals surface area contributed by atoms with E-state index in [-0.39, 0.29) is 5.56 Å². The van der Waals surface area contributed by atoms with E-state index < -0.39 is 0 Å². The van der Waals surface area contributed by atoms with Gasteiger partial charge in [0, 0.05) is 23.0 Å². The maximum Gasteiger partial charge on any atom is 0.251 e. The summed E-state index contributed by atoms with van der Waals surface area (Å²) < 4.78 is 5.51. The Bertz CT molecular complexity index is 557. The van der Waals surface area contributed by atoms with Crippen LogP contribution >= 0.6 is 23.4 Å².